The Morgan fingerprint density at radius 2 is 1.73 bits per heavy atom. The fourth-order valence-corrected chi connectivity index (χ4v) is 3.35. The Balaban J connectivity index is 2.04. The molecule has 0 saturated carbocycles. The monoisotopic (exact) mass is 443 g/mol. The van der Waals surface area contributed by atoms with Crippen molar-refractivity contribution in [3.63, 3.8) is 0 Å². The minimum atomic E-state index is -4.91. The Kier molecular flexibility index (Phi) is 6.06. The standard InChI is InChI=1S/C16H18N3O10P/c20-8-2-1-7-3-9-14(17-16(25)18-15(9)24)19(10(7)4-8)5-11(21)13(23)12(22)6-29-30(26,27)28/h1-4,11-13,21-23H,5-6H2,(H2,26,27,28)(H2,17,18,24,25)/t11-,12+,13-/m0/s1. The number of aliphatic hydroxyl groups is 3. The molecule has 3 atom stereocenters. The van der Waals surface area contributed by atoms with Crippen molar-refractivity contribution >= 4 is 18.9 Å². The fraction of sp³-hybridized carbons (Fsp3) is 0.312. The van der Waals surface area contributed by atoms with E-state index in [9.17, 15) is 34.3 Å². The summed E-state index contributed by atoms with van der Waals surface area (Å²) in [5.74, 6) is 0. The van der Waals surface area contributed by atoms with Crippen LogP contribution in [-0.2, 0) is 15.6 Å². The summed E-state index contributed by atoms with van der Waals surface area (Å²) in [6, 6.07) is 5.32. The molecule has 162 valence electrons. The summed E-state index contributed by atoms with van der Waals surface area (Å²) in [5, 5.41) is 30.3. The van der Waals surface area contributed by atoms with Crippen molar-refractivity contribution in [1.82, 2.24) is 14.5 Å². The van der Waals surface area contributed by atoms with E-state index in [1.165, 1.54) is 28.8 Å². The van der Waals surface area contributed by atoms with Gasteiger partial charge in [-0.1, -0.05) is 0 Å². The Morgan fingerprint density at radius 3 is 2.40 bits per heavy atom. The van der Waals surface area contributed by atoms with Crippen molar-refractivity contribution in [3.05, 3.63) is 55.3 Å². The van der Waals surface area contributed by atoms with E-state index in [1.807, 2.05) is 0 Å². The maximum Gasteiger partial charge on any atom is 0.469 e. The van der Waals surface area contributed by atoms with Crippen LogP contribution in [0, 0.1) is 0 Å². The number of nitrogens with zero attached hydrogens (tertiary/aromatic N) is 1. The Bertz CT molecular complexity index is 1260. The van der Waals surface area contributed by atoms with E-state index in [4.69, 9.17) is 9.79 Å². The van der Waals surface area contributed by atoms with E-state index in [2.05, 4.69) is 14.5 Å². The molecule has 2 heterocycles. The number of hydrogen-bond donors (Lipinski definition) is 7. The van der Waals surface area contributed by atoms with Gasteiger partial charge in [-0.05, 0) is 23.8 Å². The third kappa shape index (κ3) is 4.74. The van der Waals surface area contributed by atoms with E-state index >= 15 is 0 Å². The summed E-state index contributed by atoms with van der Waals surface area (Å²) in [6.07, 6.45) is -5.53. The molecule has 30 heavy (non-hydrogen) atoms. The molecular formula is C16H18N3O10P. The topological polar surface area (TPSA) is 215 Å². The van der Waals surface area contributed by atoms with Gasteiger partial charge in [0.2, 0.25) is 0 Å². The molecule has 0 saturated heterocycles. The lowest BCUT2D eigenvalue weighted by Crippen LogP contribution is -2.42. The zero-order valence-corrected chi connectivity index (χ0v) is 16.0. The van der Waals surface area contributed by atoms with Gasteiger partial charge in [0, 0.05) is 6.07 Å². The highest BCUT2D eigenvalue weighted by atomic mass is 31.2. The lowest BCUT2D eigenvalue weighted by Gasteiger charge is -2.26. The SMILES string of the molecule is O=c1ccc2cc3c(=O)[nH]c(=O)[nH]c3n(C[C@H](O)[C@H](O)[C@H](O)COP(=O)(O)O)c-2c1. The van der Waals surface area contributed by atoms with Gasteiger partial charge in [-0.3, -0.25) is 24.1 Å². The number of phosphoric acid groups is 1. The second-order valence-corrected chi connectivity index (χ2v) is 7.80. The molecule has 1 aromatic heterocycles. The Labute approximate surface area is 166 Å². The highest BCUT2D eigenvalue weighted by Crippen LogP contribution is 2.36. The van der Waals surface area contributed by atoms with Crippen molar-refractivity contribution in [2.75, 3.05) is 6.61 Å². The normalized spacial score (nSPS) is 15.4. The van der Waals surface area contributed by atoms with Crippen LogP contribution in [0.1, 0.15) is 0 Å². The van der Waals surface area contributed by atoms with E-state index in [0.29, 0.717) is 5.56 Å². The fourth-order valence-electron chi connectivity index (χ4n) is 3.00. The highest BCUT2D eigenvalue weighted by Gasteiger charge is 2.29. The number of aromatic amines is 2. The molecule has 1 aliphatic heterocycles. The van der Waals surface area contributed by atoms with Gasteiger partial charge in [0.05, 0.1) is 24.2 Å². The first kappa shape index (κ1) is 22.1. The van der Waals surface area contributed by atoms with E-state index in [0.717, 1.165) is 0 Å². The zero-order valence-electron chi connectivity index (χ0n) is 15.1. The van der Waals surface area contributed by atoms with Gasteiger partial charge in [0.15, 0.2) is 5.43 Å². The Hall–Kier alpha value is -2.64. The minimum Gasteiger partial charge on any atom is -0.388 e. The summed E-state index contributed by atoms with van der Waals surface area (Å²) in [7, 11) is -4.91. The first-order valence-corrected chi connectivity index (χ1v) is 10.0. The largest absolute Gasteiger partial charge is 0.469 e. The van der Waals surface area contributed by atoms with Crippen LogP contribution >= 0.6 is 7.82 Å². The van der Waals surface area contributed by atoms with Crippen LogP contribution in [0.2, 0.25) is 0 Å². The van der Waals surface area contributed by atoms with Crippen molar-refractivity contribution in [2.24, 2.45) is 0 Å². The van der Waals surface area contributed by atoms with Gasteiger partial charge in [0.1, 0.15) is 24.0 Å². The van der Waals surface area contributed by atoms with Gasteiger partial charge < -0.3 is 29.7 Å². The average molecular weight is 443 g/mol. The summed E-state index contributed by atoms with van der Waals surface area (Å²) in [5.41, 5.74) is -1.36. The summed E-state index contributed by atoms with van der Waals surface area (Å²) in [4.78, 5) is 57.5. The van der Waals surface area contributed by atoms with E-state index in [1.54, 1.807) is 0 Å². The molecule has 0 fully saturated rings. The average Bonchev–Trinajstić information content (AvgIpc) is 2.65. The number of hydrogen-bond acceptors (Lipinski definition) is 8. The van der Waals surface area contributed by atoms with Crippen LogP contribution in [-0.4, -0.2) is 64.6 Å². The number of rotatable bonds is 7. The Morgan fingerprint density at radius 1 is 1.03 bits per heavy atom. The van der Waals surface area contributed by atoms with Gasteiger partial charge in [-0.25, -0.2) is 9.36 Å². The van der Waals surface area contributed by atoms with Crippen LogP contribution in [0.25, 0.3) is 22.3 Å². The quantitative estimate of drug-likeness (QED) is 0.153. The van der Waals surface area contributed by atoms with Gasteiger partial charge in [-0.15, -0.1) is 0 Å². The first-order valence-electron chi connectivity index (χ1n) is 8.50. The van der Waals surface area contributed by atoms with Crippen molar-refractivity contribution < 1.29 is 34.2 Å². The summed E-state index contributed by atoms with van der Waals surface area (Å²) in [6.45, 7) is -1.46. The van der Waals surface area contributed by atoms with Crippen molar-refractivity contribution in [3.8, 4) is 11.3 Å². The lowest BCUT2D eigenvalue weighted by molar-refractivity contribution is -0.0792. The molecule has 0 aromatic carbocycles. The van der Waals surface area contributed by atoms with Gasteiger partial charge in [-0.2, -0.15) is 0 Å². The van der Waals surface area contributed by atoms with Crippen LogP contribution in [0.3, 0.4) is 0 Å². The highest BCUT2D eigenvalue weighted by molar-refractivity contribution is 7.46. The molecule has 0 bridgehead atoms. The molecule has 1 aromatic rings. The molecule has 14 heteroatoms. The maximum atomic E-state index is 12.2. The minimum absolute atomic E-state index is 0.0350. The molecule has 0 radical (unpaired) electrons. The predicted molar refractivity (Wildman–Crippen MR) is 102 cm³/mol. The van der Waals surface area contributed by atoms with Crippen LogP contribution < -0.4 is 16.7 Å². The second kappa shape index (κ2) is 8.24. The number of H-pyrrole nitrogens is 2. The molecule has 0 amide bonds. The van der Waals surface area contributed by atoms with E-state index in [-0.39, 0.29) is 16.7 Å². The lowest BCUT2D eigenvalue weighted by atomic mass is 10.0. The molecule has 3 rings (SSSR count). The molecule has 13 nitrogen and oxygen atoms in total. The van der Waals surface area contributed by atoms with Crippen LogP contribution in [0.5, 0.6) is 0 Å². The molecule has 0 spiro atoms. The van der Waals surface area contributed by atoms with Crippen molar-refractivity contribution in [2.45, 2.75) is 24.9 Å². The third-order valence-corrected chi connectivity index (χ3v) is 4.88. The molecular weight excluding hydrogens is 425 g/mol. The number of aromatic nitrogens is 3. The number of aliphatic hydroxyl groups excluding tert-OH is 3. The second-order valence-electron chi connectivity index (χ2n) is 6.56. The third-order valence-electron chi connectivity index (χ3n) is 4.39. The summed E-state index contributed by atoms with van der Waals surface area (Å²) < 4.78 is 16.0. The zero-order chi connectivity index (χ0) is 22.2. The molecule has 2 aliphatic rings. The first-order chi connectivity index (χ1) is 14.0. The number of benzene rings is 1. The molecule has 7 N–H and O–H groups in total. The van der Waals surface area contributed by atoms with Gasteiger partial charge in [0.25, 0.3) is 5.56 Å². The van der Waals surface area contributed by atoms with Crippen LogP contribution in [0.15, 0.2) is 38.6 Å². The molecule has 0 unspecified atom stereocenters. The van der Waals surface area contributed by atoms with Crippen molar-refractivity contribution in [1.29, 1.82) is 0 Å². The smallest absolute Gasteiger partial charge is 0.388 e. The van der Waals surface area contributed by atoms with E-state index < -0.39 is 56.0 Å². The molecule has 1 aliphatic carbocycles. The van der Waals surface area contributed by atoms with Gasteiger partial charge >= 0.3 is 13.5 Å². The number of pyridine rings is 1. The predicted octanol–water partition coefficient (Wildman–Crippen LogP) is -2.33. The van der Waals surface area contributed by atoms with Crippen LogP contribution in [0.4, 0.5) is 0 Å². The summed E-state index contributed by atoms with van der Waals surface area (Å²) >= 11 is 0. The number of phosphoric ester groups is 1. The number of fused-ring (bicyclic) bond motifs is 2. The number of nitrogens with one attached hydrogen (secondary N) is 2. The maximum absolute atomic E-state index is 12.2.